The molecule has 0 aromatic heterocycles. The molecule has 3 aliphatic rings. The second-order valence-electron chi connectivity index (χ2n) is 17.4. The van der Waals surface area contributed by atoms with Gasteiger partial charge in [0.2, 0.25) is 11.9 Å². The van der Waals surface area contributed by atoms with Crippen molar-refractivity contribution in [2.45, 2.75) is 173 Å². The van der Waals surface area contributed by atoms with Crippen LogP contribution in [0, 0.1) is 29.6 Å². The molecule has 1 saturated heterocycles. The highest BCUT2D eigenvalue weighted by Crippen LogP contribution is 2.40. The third-order valence-corrected chi connectivity index (χ3v) is 12.9. The zero-order chi connectivity index (χ0) is 44.9. The van der Waals surface area contributed by atoms with Crippen LogP contribution in [-0.4, -0.2) is 140 Å². The van der Waals surface area contributed by atoms with E-state index in [2.05, 4.69) is 9.73 Å². The van der Waals surface area contributed by atoms with Crippen molar-refractivity contribution in [1.29, 1.82) is 0 Å². The summed E-state index contributed by atoms with van der Waals surface area (Å²) in [6, 6.07) is -0.722. The molecule has 1 unspecified atom stereocenters. The number of aliphatic imine (C=N–C) groups is 1. The Labute approximate surface area is 357 Å². The van der Waals surface area contributed by atoms with Gasteiger partial charge in [-0.25, -0.2) is 14.6 Å². The lowest BCUT2D eigenvalue weighted by molar-refractivity contribution is -0.347. The number of nitrogens with zero attached hydrogens (tertiary/aromatic N) is 1. The summed E-state index contributed by atoms with van der Waals surface area (Å²) in [5.74, 6) is -5.01. The van der Waals surface area contributed by atoms with Crippen molar-refractivity contribution in [1.82, 2.24) is 0 Å². The third kappa shape index (κ3) is 13.6. The maximum absolute atomic E-state index is 13.8. The number of ether oxygens (including phenoxy) is 7. The molecule has 2 heterocycles. The zero-order valence-corrected chi connectivity index (χ0v) is 37.8. The summed E-state index contributed by atoms with van der Waals surface area (Å²) < 4.78 is 39.3. The van der Waals surface area contributed by atoms with E-state index >= 15 is 0 Å². The molecule has 344 valence electrons. The predicted molar refractivity (Wildman–Crippen MR) is 224 cm³/mol. The minimum atomic E-state index is -2.21. The second-order valence-corrected chi connectivity index (χ2v) is 17.4. The molecule has 1 saturated carbocycles. The lowest BCUT2D eigenvalue weighted by atomic mass is 9.81. The minimum absolute atomic E-state index is 0.0220. The summed E-state index contributed by atoms with van der Waals surface area (Å²) >= 11 is 0. The van der Waals surface area contributed by atoms with Crippen molar-refractivity contribution in [3.63, 3.8) is 0 Å². The Morgan fingerprint density at radius 2 is 1.67 bits per heavy atom. The molecule has 0 aromatic rings. The van der Waals surface area contributed by atoms with E-state index in [0.29, 0.717) is 57.3 Å². The normalized spacial score (nSPS) is 31.4. The summed E-state index contributed by atoms with van der Waals surface area (Å²) in [6.07, 6.45) is 3.00. The molecule has 2 aliphatic heterocycles. The van der Waals surface area contributed by atoms with Crippen LogP contribution in [0.2, 0.25) is 0 Å². The molecule has 15 atom stereocenters. The van der Waals surface area contributed by atoms with Crippen molar-refractivity contribution in [3.8, 4) is 0 Å². The molecule has 0 aromatic carbocycles. The van der Waals surface area contributed by atoms with Gasteiger partial charge in [-0.1, -0.05) is 45.4 Å². The highest BCUT2D eigenvalue weighted by Gasteiger charge is 2.55. The average molecular weight is 854 g/mol. The van der Waals surface area contributed by atoms with Gasteiger partial charge in [0.15, 0.2) is 11.9 Å². The molecule has 0 amide bonds. The molecule has 1 aliphatic carbocycles. The first-order valence-electron chi connectivity index (χ1n) is 21.7. The highest BCUT2D eigenvalue weighted by atomic mass is 16.7. The lowest BCUT2D eigenvalue weighted by Crippen LogP contribution is -2.63. The van der Waals surface area contributed by atoms with E-state index in [0.717, 1.165) is 31.1 Å². The third-order valence-electron chi connectivity index (χ3n) is 12.9. The number of rotatable bonds is 21. The number of methoxy groups -OCH3 is 5. The molecule has 0 spiro atoms. The van der Waals surface area contributed by atoms with Crippen molar-refractivity contribution in [2.75, 3.05) is 35.5 Å². The summed E-state index contributed by atoms with van der Waals surface area (Å²) in [7, 11) is 7.30. The Kier molecular flexibility index (Phi) is 20.8. The van der Waals surface area contributed by atoms with Crippen LogP contribution in [0.1, 0.15) is 112 Å². The molecule has 0 bridgehead atoms. The summed E-state index contributed by atoms with van der Waals surface area (Å²) in [4.78, 5) is 44.1. The molecule has 3 rings (SSSR count). The SMILES string of the molecule is CC[C@H](/C=C(\C)C[C@H](C)C[C@H](OC)[C@H]1O[C@@](O)(C(O)C(=O)OC)[C@H](C)C[C@@H]1OC)C(=O)C[C@H](O)[C@@H](C)[C@H](OC(=O)[C@@H]1CCCC(OC)=N1)/C(C)=C/[C@@H]1CC[C@@H](O)[C@H](OC)C1. The molecular formula is C45H75NO14. The van der Waals surface area contributed by atoms with Crippen LogP contribution in [0.5, 0.6) is 0 Å². The number of Topliss-reactive ketones (excluding diaryl/α,β-unsaturated/α-hetero) is 1. The molecule has 4 N–H and O–H groups in total. The van der Waals surface area contributed by atoms with E-state index in [1.54, 1.807) is 21.0 Å². The Morgan fingerprint density at radius 3 is 2.27 bits per heavy atom. The average Bonchev–Trinajstić information content (AvgIpc) is 3.23. The van der Waals surface area contributed by atoms with E-state index in [4.69, 9.17) is 28.4 Å². The van der Waals surface area contributed by atoms with E-state index in [9.17, 15) is 34.8 Å². The van der Waals surface area contributed by atoms with Crippen molar-refractivity contribution < 1.29 is 68.0 Å². The number of ketones is 1. The number of esters is 2. The smallest absolute Gasteiger partial charge is 0.340 e. The molecule has 2 fully saturated rings. The first-order chi connectivity index (χ1) is 28.4. The largest absolute Gasteiger partial charge is 0.484 e. The Hall–Kier alpha value is -2.76. The van der Waals surface area contributed by atoms with Crippen LogP contribution >= 0.6 is 0 Å². The van der Waals surface area contributed by atoms with Gasteiger partial charge in [-0.05, 0) is 89.0 Å². The fraction of sp³-hybridized carbons (Fsp3) is 0.822. The van der Waals surface area contributed by atoms with E-state index in [1.165, 1.54) is 21.3 Å². The lowest BCUT2D eigenvalue weighted by Gasteiger charge is -2.48. The molecule has 15 nitrogen and oxygen atoms in total. The Bertz CT molecular complexity index is 1480. The summed E-state index contributed by atoms with van der Waals surface area (Å²) in [6.45, 7) is 11.3. The van der Waals surface area contributed by atoms with E-state index in [1.807, 2.05) is 39.8 Å². The van der Waals surface area contributed by atoms with Gasteiger partial charge in [0.25, 0.3) is 0 Å². The number of hydrogen-bond donors (Lipinski definition) is 4. The van der Waals surface area contributed by atoms with Gasteiger partial charge in [0, 0.05) is 51.9 Å². The van der Waals surface area contributed by atoms with Gasteiger partial charge in [0.1, 0.15) is 18.0 Å². The van der Waals surface area contributed by atoms with E-state index < -0.39 is 84.2 Å². The van der Waals surface area contributed by atoms with Crippen molar-refractivity contribution in [2.24, 2.45) is 34.6 Å². The predicted octanol–water partition coefficient (Wildman–Crippen LogP) is 4.64. The Balaban J connectivity index is 1.73. The minimum Gasteiger partial charge on any atom is -0.484 e. The number of allylic oxidation sites excluding steroid dienone is 3. The van der Waals surface area contributed by atoms with Gasteiger partial charge in [-0.15, -0.1) is 0 Å². The second kappa shape index (κ2) is 24.2. The van der Waals surface area contributed by atoms with Crippen LogP contribution in [0.4, 0.5) is 0 Å². The number of aliphatic hydroxyl groups is 4. The fourth-order valence-electron chi connectivity index (χ4n) is 9.12. The Morgan fingerprint density at radius 1 is 0.983 bits per heavy atom. The molecule has 60 heavy (non-hydrogen) atoms. The van der Waals surface area contributed by atoms with Crippen LogP contribution < -0.4 is 0 Å². The zero-order valence-electron chi connectivity index (χ0n) is 37.8. The van der Waals surface area contributed by atoms with Gasteiger partial charge in [0.05, 0.1) is 44.7 Å². The van der Waals surface area contributed by atoms with Gasteiger partial charge >= 0.3 is 11.9 Å². The molecular weight excluding hydrogens is 778 g/mol. The van der Waals surface area contributed by atoms with Gasteiger partial charge in [-0.2, -0.15) is 0 Å². The number of carbonyl (C=O) groups is 3. The molecule has 0 radical (unpaired) electrons. The van der Waals surface area contributed by atoms with Crippen LogP contribution in [0.15, 0.2) is 28.3 Å². The number of aliphatic hydroxyl groups excluding tert-OH is 3. The topological polar surface area (TPSA) is 209 Å². The number of hydrogen-bond acceptors (Lipinski definition) is 15. The highest BCUT2D eigenvalue weighted by molar-refractivity contribution is 5.84. The monoisotopic (exact) mass is 854 g/mol. The van der Waals surface area contributed by atoms with Crippen LogP contribution in [0.25, 0.3) is 0 Å². The standard InChI is InChI=1S/C45H75NO14/c1-12-31(19-25(2)18-26(3)20-37(55-8)41-38(56-9)22-28(5)45(53,60-41)42(50)44(52)58-11)35(49)24-34(48)29(6)40(59-43(51)32-14-13-15-39(46-32)57-10)27(4)21-30-16-17-33(47)36(23-30)54-7/h19,21,26,28-34,36-38,40-42,47-48,50,53H,12-18,20,22-24H2,1-11H3/b25-19+,27-21+/t26-,28+,29+,30-,31+,32-,33+,34-,36+,37-,38-,40+,41+,42?,45+/m0/s1. The van der Waals surface area contributed by atoms with Gasteiger partial charge in [-0.3, -0.25) is 4.79 Å². The van der Waals surface area contributed by atoms with Crippen LogP contribution in [-0.2, 0) is 47.5 Å². The van der Waals surface area contributed by atoms with E-state index in [-0.39, 0.29) is 30.1 Å². The number of carbonyl (C=O) groups excluding carboxylic acids is 3. The quantitative estimate of drug-likeness (QED) is 0.0917. The summed E-state index contributed by atoms with van der Waals surface area (Å²) in [5, 5.41) is 44.0. The maximum atomic E-state index is 13.8. The maximum Gasteiger partial charge on any atom is 0.340 e. The first-order valence-corrected chi connectivity index (χ1v) is 21.7. The van der Waals surface area contributed by atoms with Gasteiger partial charge < -0.3 is 53.6 Å². The van der Waals surface area contributed by atoms with Crippen molar-refractivity contribution in [3.05, 3.63) is 23.3 Å². The summed E-state index contributed by atoms with van der Waals surface area (Å²) in [5.41, 5.74) is 1.73. The fourth-order valence-corrected chi connectivity index (χ4v) is 9.12. The van der Waals surface area contributed by atoms with Crippen LogP contribution in [0.3, 0.4) is 0 Å². The van der Waals surface area contributed by atoms with Crippen molar-refractivity contribution >= 4 is 23.6 Å². The first kappa shape index (κ1) is 51.6. The molecule has 15 heteroatoms.